The van der Waals surface area contributed by atoms with Crippen molar-refractivity contribution in [2.75, 3.05) is 32.1 Å². The smallest absolute Gasteiger partial charge is 0.211 e. The summed E-state index contributed by atoms with van der Waals surface area (Å²) in [5.74, 6) is 0.871. The van der Waals surface area contributed by atoms with Gasteiger partial charge in [0.25, 0.3) is 0 Å². The topological polar surface area (TPSA) is 80.7 Å². The van der Waals surface area contributed by atoms with E-state index in [1.54, 1.807) is 0 Å². The van der Waals surface area contributed by atoms with E-state index in [0.29, 0.717) is 11.6 Å². The lowest BCUT2D eigenvalue weighted by Gasteiger charge is -2.36. The van der Waals surface area contributed by atoms with Gasteiger partial charge in [0.1, 0.15) is 5.65 Å². The van der Waals surface area contributed by atoms with Crippen LogP contribution < -0.4 is 4.90 Å². The maximum absolute atomic E-state index is 10.2. The van der Waals surface area contributed by atoms with Crippen LogP contribution in [-0.2, 0) is 6.61 Å². The Kier molecular flexibility index (Phi) is 6.25. The molecule has 35 heavy (non-hydrogen) atoms. The molecule has 0 radical (unpaired) electrons. The van der Waals surface area contributed by atoms with Gasteiger partial charge in [-0.05, 0) is 57.1 Å². The molecule has 1 aliphatic rings. The van der Waals surface area contributed by atoms with Crippen LogP contribution in [-0.4, -0.2) is 57.6 Å². The van der Waals surface area contributed by atoms with Gasteiger partial charge >= 0.3 is 0 Å². The van der Waals surface area contributed by atoms with Crippen LogP contribution in [0.15, 0.2) is 54.9 Å². The van der Waals surface area contributed by atoms with Crippen molar-refractivity contribution < 1.29 is 5.11 Å². The quantitative estimate of drug-likeness (QED) is 0.473. The van der Waals surface area contributed by atoms with Gasteiger partial charge in [-0.2, -0.15) is 5.26 Å². The Morgan fingerprint density at radius 1 is 1.11 bits per heavy atom. The number of rotatable bonds is 5. The monoisotopic (exact) mass is 466 g/mol. The highest BCUT2D eigenvalue weighted by Crippen LogP contribution is 2.38. The summed E-state index contributed by atoms with van der Waals surface area (Å²) in [5.41, 5.74) is 6.86. The van der Waals surface area contributed by atoms with Gasteiger partial charge < -0.3 is 14.9 Å². The zero-order valence-corrected chi connectivity index (χ0v) is 20.4. The molecule has 4 aromatic rings. The Morgan fingerprint density at radius 2 is 1.86 bits per heavy atom. The molecule has 5 rings (SSSR count). The van der Waals surface area contributed by atoms with Crippen LogP contribution in [0.25, 0.3) is 28.0 Å². The first kappa shape index (κ1) is 23.0. The van der Waals surface area contributed by atoms with Gasteiger partial charge in [-0.15, -0.1) is 0 Å². The van der Waals surface area contributed by atoms with E-state index in [0.717, 1.165) is 71.0 Å². The van der Waals surface area contributed by atoms with E-state index < -0.39 is 0 Å². The first-order valence-corrected chi connectivity index (χ1v) is 12.0. The molecular formula is C28H30N6O. The van der Waals surface area contributed by atoms with Gasteiger partial charge in [0.05, 0.1) is 29.5 Å². The highest BCUT2D eigenvalue weighted by molar-refractivity contribution is 5.92. The zero-order chi connectivity index (χ0) is 24.5. The molecule has 1 fully saturated rings. The first-order valence-electron chi connectivity index (χ1n) is 12.0. The number of fused-ring (bicyclic) bond motifs is 1. The van der Waals surface area contributed by atoms with Gasteiger partial charge in [0, 0.05) is 37.1 Å². The van der Waals surface area contributed by atoms with Crippen molar-refractivity contribution in [2.24, 2.45) is 0 Å². The van der Waals surface area contributed by atoms with Crippen LogP contribution in [0.4, 0.5) is 5.95 Å². The standard InChI is InChI=1S/C28H30N6O/c1-19-4-9-24(22(16-19)18-35)25-26(21-7-5-20(17-29)6-8-21)31-28(34-15-12-30-27(25)34)33-13-10-23(11-14-33)32(2)3/h4-9,12,15-16,23,35H,10-11,13-14,18H2,1-3H3. The molecule has 0 bridgehead atoms. The Morgan fingerprint density at radius 3 is 2.51 bits per heavy atom. The SMILES string of the molecule is Cc1ccc(-c2c(-c3ccc(C#N)cc3)nc(N3CCC(N(C)C)CC3)n3ccnc23)c(CO)c1. The van der Waals surface area contributed by atoms with Crippen molar-refractivity contribution in [1.29, 1.82) is 5.26 Å². The molecule has 1 aliphatic heterocycles. The Hall–Kier alpha value is -3.73. The summed E-state index contributed by atoms with van der Waals surface area (Å²) in [6.45, 7) is 3.79. The van der Waals surface area contributed by atoms with E-state index in [2.05, 4.69) is 40.4 Å². The van der Waals surface area contributed by atoms with Gasteiger partial charge in [-0.3, -0.25) is 4.40 Å². The molecule has 0 spiro atoms. The summed E-state index contributed by atoms with van der Waals surface area (Å²) in [6, 6.07) is 16.4. The average Bonchev–Trinajstić information content (AvgIpc) is 3.38. The van der Waals surface area contributed by atoms with E-state index >= 15 is 0 Å². The number of aliphatic hydroxyl groups excluding tert-OH is 1. The van der Waals surface area contributed by atoms with E-state index in [1.807, 2.05) is 55.7 Å². The van der Waals surface area contributed by atoms with E-state index in [-0.39, 0.29) is 6.61 Å². The number of aryl methyl sites for hydroxylation is 1. The van der Waals surface area contributed by atoms with Crippen molar-refractivity contribution in [3.63, 3.8) is 0 Å². The normalized spacial score (nSPS) is 14.6. The number of nitrogens with zero attached hydrogens (tertiary/aromatic N) is 6. The van der Waals surface area contributed by atoms with Gasteiger partial charge in [0.2, 0.25) is 5.95 Å². The third kappa shape index (κ3) is 4.27. The minimum atomic E-state index is -0.0729. The Bertz CT molecular complexity index is 1390. The number of hydrogen-bond donors (Lipinski definition) is 1. The number of hydrogen-bond acceptors (Lipinski definition) is 6. The summed E-state index contributed by atoms with van der Waals surface area (Å²) in [4.78, 5) is 14.6. The molecule has 2 aromatic carbocycles. The van der Waals surface area contributed by atoms with E-state index in [4.69, 9.17) is 9.97 Å². The molecule has 0 amide bonds. The maximum Gasteiger partial charge on any atom is 0.211 e. The lowest BCUT2D eigenvalue weighted by Crippen LogP contribution is -2.43. The molecule has 7 heteroatoms. The fraction of sp³-hybridized carbons (Fsp3) is 0.321. The third-order valence-electron chi connectivity index (χ3n) is 6.99. The predicted octanol–water partition coefficient (Wildman–Crippen LogP) is 4.27. The highest BCUT2D eigenvalue weighted by atomic mass is 16.3. The highest BCUT2D eigenvalue weighted by Gasteiger charge is 2.26. The molecule has 1 N–H and O–H groups in total. The molecule has 0 atom stereocenters. The fourth-order valence-corrected chi connectivity index (χ4v) is 5.03. The molecule has 1 saturated heterocycles. The first-order chi connectivity index (χ1) is 17.0. The van der Waals surface area contributed by atoms with Crippen LogP contribution >= 0.6 is 0 Å². The lowest BCUT2D eigenvalue weighted by atomic mass is 9.94. The molecule has 7 nitrogen and oxygen atoms in total. The van der Waals surface area contributed by atoms with Gasteiger partial charge in [-0.1, -0.05) is 35.9 Å². The van der Waals surface area contributed by atoms with E-state index in [9.17, 15) is 10.4 Å². The second-order valence-corrected chi connectivity index (χ2v) is 9.45. The van der Waals surface area contributed by atoms with Crippen molar-refractivity contribution in [1.82, 2.24) is 19.3 Å². The van der Waals surface area contributed by atoms with E-state index in [1.165, 1.54) is 0 Å². The van der Waals surface area contributed by atoms with Crippen LogP contribution in [0.5, 0.6) is 0 Å². The minimum Gasteiger partial charge on any atom is -0.392 e. The van der Waals surface area contributed by atoms with Crippen molar-refractivity contribution in [3.05, 3.63) is 71.5 Å². The van der Waals surface area contributed by atoms with Crippen LogP contribution in [0, 0.1) is 18.3 Å². The summed E-state index contributed by atoms with van der Waals surface area (Å²) >= 11 is 0. The van der Waals surface area contributed by atoms with Gasteiger partial charge in [0.15, 0.2) is 0 Å². The number of piperidine rings is 1. The molecule has 3 heterocycles. The zero-order valence-electron chi connectivity index (χ0n) is 20.4. The maximum atomic E-state index is 10.2. The summed E-state index contributed by atoms with van der Waals surface area (Å²) < 4.78 is 2.07. The summed E-state index contributed by atoms with van der Waals surface area (Å²) in [5, 5.41) is 19.5. The van der Waals surface area contributed by atoms with Crippen LogP contribution in [0.2, 0.25) is 0 Å². The van der Waals surface area contributed by atoms with Crippen LogP contribution in [0.1, 0.15) is 29.5 Å². The minimum absolute atomic E-state index is 0.0729. The molecule has 0 saturated carbocycles. The summed E-state index contributed by atoms with van der Waals surface area (Å²) in [7, 11) is 4.29. The molecule has 178 valence electrons. The van der Waals surface area contributed by atoms with Crippen molar-refractivity contribution in [3.8, 4) is 28.5 Å². The van der Waals surface area contributed by atoms with Crippen LogP contribution in [0.3, 0.4) is 0 Å². The van der Waals surface area contributed by atoms with Gasteiger partial charge in [-0.25, -0.2) is 9.97 Å². The molecular weight excluding hydrogens is 436 g/mol. The van der Waals surface area contributed by atoms with Crippen molar-refractivity contribution in [2.45, 2.75) is 32.4 Å². The third-order valence-corrected chi connectivity index (χ3v) is 6.99. The number of aromatic nitrogens is 3. The molecule has 2 aromatic heterocycles. The number of benzene rings is 2. The molecule has 0 unspecified atom stereocenters. The molecule has 0 aliphatic carbocycles. The average molecular weight is 467 g/mol. The predicted molar refractivity (Wildman–Crippen MR) is 138 cm³/mol. The summed E-state index contributed by atoms with van der Waals surface area (Å²) in [6.07, 6.45) is 5.93. The number of aliphatic hydroxyl groups is 1. The largest absolute Gasteiger partial charge is 0.392 e. The Labute approximate surface area is 205 Å². The van der Waals surface area contributed by atoms with Crippen molar-refractivity contribution >= 4 is 11.6 Å². The second kappa shape index (κ2) is 9.49. The second-order valence-electron chi connectivity index (χ2n) is 9.45. The Balaban J connectivity index is 1.73. The number of imidazole rings is 1. The number of nitriles is 1. The fourth-order valence-electron chi connectivity index (χ4n) is 5.03. The number of anilines is 1. The lowest BCUT2D eigenvalue weighted by molar-refractivity contribution is 0.249.